The minimum absolute atomic E-state index is 0.0463. The average molecular weight is 134 g/mol. The van der Waals surface area contributed by atoms with Crippen LogP contribution in [0.5, 0.6) is 0 Å². The molecule has 3 heteroatoms. The summed E-state index contributed by atoms with van der Waals surface area (Å²) >= 11 is 1.68. The van der Waals surface area contributed by atoms with Crippen LogP contribution in [0.25, 0.3) is 0 Å². The van der Waals surface area contributed by atoms with E-state index in [0.29, 0.717) is 6.10 Å². The lowest BCUT2D eigenvalue weighted by Crippen LogP contribution is -2.10. The van der Waals surface area contributed by atoms with E-state index in [-0.39, 0.29) is 12.0 Å². The second-order valence-corrected chi connectivity index (χ2v) is 3.08. The third kappa shape index (κ3) is 1.37. The molecule has 0 bridgehead atoms. The number of ether oxygens (including phenoxy) is 1. The van der Waals surface area contributed by atoms with Gasteiger partial charge in [-0.1, -0.05) is 0 Å². The largest absolute Gasteiger partial charge is 0.393 e. The van der Waals surface area contributed by atoms with Gasteiger partial charge in [-0.2, -0.15) is 0 Å². The van der Waals surface area contributed by atoms with Crippen LogP contribution in [0.2, 0.25) is 0 Å². The highest BCUT2D eigenvalue weighted by Gasteiger charge is 2.20. The van der Waals surface area contributed by atoms with Crippen LogP contribution in [-0.2, 0) is 4.74 Å². The zero-order valence-corrected chi connectivity index (χ0v) is 5.65. The van der Waals surface area contributed by atoms with Gasteiger partial charge in [0.2, 0.25) is 0 Å². The maximum Gasteiger partial charge on any atom is 0.126 e. The third-order valence-electron chi connectivity index (χ3n) is 1.05. The van der Waals surface area contributed by atoms with Gasteiger partial charge < -0.3 is 9.84 Å². The summed E-state index contributed by atoms with van der Waals surface area (Å²) in [4.78, 5) is 0. The van der Waals surface area contributed by atoms with Gasteiger partial charge in [0.25, 0.3) is 0 Å². The molecule has 0 amide bonds. The van der Waals surface area contributed by atoms with Crippen LogP contribution in [0.4, 0.5) is 0 Å². The van der Waals surface area contributed by atoms with Gasteiger partial charge in [-0.25, -0.2) is 0 Å². The van der Waals surface area contributed by atoms with E-state index < -0.39 is 0 Å². The molecule has 0 saturated carbocycles. The Morgan fingerprint density at radius 3 is 2.88 bits per heavy atom. The number of aliphatic hydroxyl groups is 1. The summed E-state index contributed by atoms with van der Waals surface area (Å²) in [5, 5.41) is 8.54. The van der Waals surface area contributed by atoms with Crippen molar-refractivity contribution < 1.29 is 9.84 Å². The average Bonchev–Trinajstić information content (AvgIpc) is 2.14. The van der Waals surface area contributed by atoms with Gasteiger partial charge in [-0.15, -0.1) is 11.8 Å². The summed E-state index contributed by atoms with van der Waals surface area (Å²) in [7, 11) is 0. The van der Waals surface area contributed by atoms with Gasteiger partial charge >= 0.3 is 0 Å². The Morgan fingerprint density at radius 1 is 1.88 bits per heavy atom. The van der Waals surface area contributed by atoms with E-state index in [9.17, 15) is 0 Å². The molecule has 1 heterocycles. The predicted octanol–water partition coefficient (Wildman–Crippen LogP) is 0.457. The van der Waals surface area contributed by atoms with E-state index >= 15 is 0 Å². The van der Waals surface area contributed by atoms with E-state index in [1.807, 2.05) is 6.92 Å². The maximum atomic E-state index is 8.54. The van der Waals surface area contributed by atoms with Crippen LogP contribution in [-0.4, -0.2) is 29.0 Å². The normalized spacial score (nSPS) is 38.2. The summed E-state index contributed by atoms with van der Waals surface area (Å²) in [6.45, 7) is 2.16. The fourth-order valence-corrected chi connectivity index (χ4v) is 1.61. The lowest BCUT2D eigenvalue weighted by molar-refractivity contribution is 0.0445. The van der Waals surface area contributed by atoms with Crippen LogP contribution < -0.4 is 0 Å². The molecular formula is C5H10O2S. The van der Waals surface area contributed by atoms with Gasteiger partial charge in [0.05, 0.1) is 12.7 Å². The minimum Gasteiger partial charge on any atom is -0.393 e. The molecule has 1 unspecified atom stereocenters. The zero-order chi connectivity index (χ0) is 5.98. The minimum atomic E-state index is 0.0463. The monoisotopic (exact) mass is 134 g/mol. The second-order valence-electron chi connectivity index (χ2n) is 1.89. The Hall–Kier alpha value is 0.270. The van der Waals surface area contributed by atoms with Gasteiger partial charge in [0.15, 0.2) is 0 Å². The highest BCUT2D eigenvalue weighted by Crippen LogP contribution is 2.23. The first-order valence-electron chi connectivity index (χ1n) is 2.71. The molecule has 2 nitrogen and oxygen atoms in total. The van der Waals surface area contributed by atoms with Crippen LogP contribution in [0, 0.1) is 0 Å². The zero-order valence-electron chi connectivity index (χ0n) is 4.83. The molecule has 0 radical (unpaired) electrons. The van der Waals surface area contributed by atoms with Crippen molar-refractivity contribution in [2.45, 2.75) is 18.5 Å². The van der Waals surface area contributed by atoms with E-state index in [1.165, 1.54) is 0 Å². The quantitative estimate of drug-likeness (QED) is 0.565. The van der Waals surface area contributed by atoms with Gasteiger partial charge in [-0.3, -0.25) is 0 Å². The fraction of sp³-hybridized carbons (Fsp3) is 1.00. The van der Waals surface area contributed by atoms with Crippen LogP contribution in [0.3, 0.4) is 0 Å². The van der Waals surface area contributed by atoms with E-state index in [2.05, 4.69) is 0 Å². The summed E-state index contributed by atoms with van der Waals surface area (Å²) < 4.78 is 5.22. The summed E-state index contributed by atoms with van der Waals surface area (Å²) in [5.41, 5.74) is 0.0463. The van der Waals surface area contributed by atoms with Crippen molar-refractivity contribution in [1.29, 1.82) is 0 Å². The number of rotatable bonds is 1. The molecule has 0 aromatic rings. The molecule has 8 heavy (non-hydrogen) atoms. The van der Waals surface area contributed by atoms with Crippen molar-refractivity contribution in [2.75, 3.05) is 12.4 Å². The van der Waals surface area contributed by atoms with Crippen molar-refractivity contribution in [3.63, 3.8) is 0 Å². The number of aliphatic hydroxyl groups excluding tert-OH is 1. The SMILES string of the molecule is CC1CS[C@H](CO)O1. The van der Waals surface area contributed by atoms with Gasteiger partial charge in [0.1, 0.15) is 5.44 Å². The first kappa shape index (κ1) is 6.39. The number of hydrogen-bond acceptors (Lipinski definition) is 3. The molecule has 1 rings (SSSR count). The van der Waals surface area contributed by atoms with Crippen molar-refractivity contribution in [1.82, 2.24) is 0 Å². The molecule has 1 fully saturated rings. The Bertz CT molecular complexity index is 76.8. The Balaban J connectivity index is 2.22. The highest BCUT2D eigenvalue weighted by molar-refractivity contribution is 8.00. The molecule has 1 aliphatic rings. The van der Waals surface area contributed by atoms with Crippen molar-refractivity contribution in [3.8, 4) is 0 Å². The summed E-state index contributed by atoms with van der Waals surface area (Å²) in [5.74, 6) is 1.02. The standard InChI is InChI=1S/C5H10O2S/c1-4-3-8-5(2-6)7-4/h4-6H,2-3H2,1H3/t4?,5-/m1/s1. The molecule has 0 aliphatic carbocycles. The van der Waals surface area contributed by atoms with E-state index in [0.717, 1.165) is 5.75 Å². The van der Waals surface area contributed by atoms with Crippen LogP contribution >= 0.6 is 11.8 Å². The number of thioether (sulfide) groups is 1. The molecule has 0 spiro atoms. The summed E-state index contributed by atoms with van der Waals surface area (Å²) in [6, 6.07) is 0. The maximum absolute atomic E-state index is 8.54. The topological polar surface area (TPSA) is 29.5 Å². The molecule has 2 atom stereocenters. The molecular weight excluding hydrogens is 124 g/mol. The molecule has 48 valence electrons. The molecule has 0 aromatic heterocycles. The van der Waals surface area contributed by atoms with Gasteiger partial charge in [0, 0.05) is 5.75 Å². The summed E-state index contributed by atoms with van der Waals surface area (Å²) in [6.07, 6.45) is 0.331. The fourth-order valence-electron chi connectivity index (χ4n) is 0.676. The Labute approximate surface area is 53.2 Å². The smallest absolute Gasteiger partial charge is 0.126 e. The molecule has 0 aromatic carbocycles. The van der Waals surface area contributed by atoms with Crippen LogP contribution in [0.15, 0.2) is 0 Å². The first-order chi connectivity index (χ1) is 3.83. The third-order valence-corrected chi connectivity index (χ3v) is 2.34. The van der Waals surface area contributed by atoms with E-state index in [1.54, 1.807) is 11.8 Å². The van der Waals surface area contributed by atoms with Gasteiger partial charge in [-0.05, 0) is 6.92 Å². The molecule has 1 N–H and O–H groups in total. The van der Waals surface area contributed by atoms with Crippen LogP contribution in [0.1, 0.15) is 6.92 Å². The molecule has 1 aliphatic heterocycles. The Kier molecular flexibility index (Phi) is 2.16. The second kappa shape index (κ2) is 2.71. The number of hydrogen-bond donors (Lipinski definition) is 1. The van der Waals surface area contributed by atoms with Crippen molar-refractivity contribution >= 4 is 11.8 Å². The highest BCUT2D eigenvalue weighted by atomic mass is 32.2. The molecule has 1 saturated heterocycles. The predicted molar refractivity (Wildman–Crippen MR) is 33.9 cm³/mol. The Morgan fingerprint density at radius 2 is 2.62 bits per heavy atom. The van der Waals surface area contributed by atoms with Crippen molar-refractivity contribution in [3.05, 3.63) is 0 Å². The lowest BCUT2D eigenvalue weighted by atomic mass is 10.5. The lowest BCUT2D eigenvalue weighted by Gasteiger charge is -2.03. The first-order valence-corrected chi connectivity index (χ1v) is 3.75. The van der Waals surface area contributed by atoms with E-state index in [4.69, 9.17) is 9.84 Å². The van der Waals surface area contributed by atoms with Crippen molar-refractivity contribution in [2.24, 2.45) is 0 Å².